The number of nitrogens with zero attached hydrogens (tertiary/aromatic N) is 2. The van der Waals surface area contributed by atoms with Gasteiger partial charge in [0, 0.05) is 18.7 Å². The Balaban J connectivity index is 1.84. The van der Waals surface area contributed by atoms with Gasteiger partial charge < -0.3 is 10.6 Å². The van der Waals surface area contributed by atoms with Crippen molar-refractivity contribution in [2.75, 3.05) is 11.9 Å². The molecule has 0 saturated carbocycles. The van der Waals surface area contributed by atoms with Crippen molar-refractivity contribution in [1.82, 2.24) is 15.1 Å². The fourth-order valence-electron chi connectivity index (χ4n) is 2.08. The molecule has 6 nitrogen and oxygen atoms in total. The summed E-state index contributed by atoms with van der Waals surface area (Å²) in [4.78, 5) is 23.6. The number of hydrogen-bond donors (Lipinski definition) is 2. The lowest BCUT2D eigenvalue weighted by Gasteiger charge is -2.07. The summed E-state index contributed by atoms with van der Waals surface area (Å²) < 4.78 is 1.61. The van der Waals surface area contributed by atoms with Crippen LogP contribution >= 0.6 is 0 Å². The summed E-state index contributed by atoms with van der Waals surface area (Å²) in [5, 5.41) is 9.53. The van der Waals surface area contributed by atoms with Gasteiger partial charge in [-0.2, -0.15) is 5.10 Å². The van der Waals surface area contributed by atoms with Crippen molar-refractivity contribution in [3.63, 3.8) is 0 Å². The minimum Gasteiger partial charge on any atom is -0.343 e. The molecule has 2 N–H and O–H groups in total. The third kappa shape index (κ3) is 4.54. The summed E-state index contributed by atoms with van der Waals surface area (Å²) in [7, 11) is 1.76. The molecule has 0 unspecified atom stereocenters. The third-order valence-corrected chi connectivity index (χ3v) is 3.43. The van der Waals surface area contributed by atoms with Gasteiger partial charge in [-0.05, 0) is 25.5 Å². The molecule has 0 bridgehead atoms. The second-order valence-corrected chi connectivity index (χ2v) is 5.19. The molecule has 1 aromatic heterocycles. The van der Waals surface area contributed by atoms with Crippen molar-refractivity contribution in [2.45, 2.75) is 13.8 Å². The van der Waals surface area contributed by atoms with Crippen LogP contribution in [0.5, 0.6) is 0 Å². The van der Waals surface area contributed by atoms with Gasteiger partial charge >= 0.3 is 0 Å². The highest BCUT2D eigenvalue weighted by atomic mass is 16.2. The molecule has 0 aliphatic heterocycles. The maximum atomic E-state index is 11.9. The van der Waals surface area contributed by atoms with Crippen LogP contribution in [0.2, 0.25) is 0 Å². The maximum Gasteiger partial charge on any atom is 0.244 e. The summed E-state index contributed by atoms with van der Waals surface area (Å²) in [6.07, 6.45) is 3.10. The van der Waals surface area contributed by atoms with Crippen molar-refractivity contribution in [3.8, 4) is 0 Å². The highest BCUT2D eigenvalue weighted by molar-refractivity contribution is 5.97. The number of hydrogen-bond acceptors (Lipinski definition) is 3. The predicted molar refractivity (Wildman–Crippen MR) is 89.8 cm³/mol. The molecule has 0 aliphatic rings. The zero-order chi connectivity index (χ0) is 16.8. The zero-order valence-corrected chi connectivity index (χ0v) is 13.5. The zero-order valence-electron chi connectivity index (χ0n) is 13.5. The first kappa shape index (κ1) is 16.5. The van der Waals surface area contributed by atoms with E-state index < -0.39 is 0 Å². The Bertz CT molecular complexity index is 733. The smallest absolute Gasteiger partial charge is 0.244 e. The van der Waals surface area contributed by atoms with Gasteiger partial charge in [-0.15, -0.1) is 0 Å². The number of nitrogens with one attached hydrogen (secondary N) is 2. The van der Waals surface area contributed by atoms with Crippen molar-refractivity contribution in [1.29, 1.82) is 0 Å². The van der Waals surface area contributed by atoms with Gasteiger partial charge in [-0.3, -0.25) is 14.3 Å². The van der Waals surface area contributed by atoms with Crippen LogP contribution in [0.3, 0.4) is 0 Å². The number of benzene rings is 1. The van der Waals surface area contributed by atoms with Gasteiger partial charge in [0.25, 0.3) is 0 Å². The van der Waals surface area contributed by atoms with Crippen LogP contribution in [0, 0.1) is 13.8 Å². The van der Waals surface area contributed by atoms with Crippen molar-refractivity contribution < 1.29 is 9.59 Å². The first-order valence-electron chi connectivity index (χ1n) is 7.28. The minimum atomic E-state index is -0.318. The fourth-order valence-corrected chi connectivity index (χ4v) is 2.08. The van der Waals surface area contributed by atoms with Crippen LogP contribution in [0.1, 0.15) is 16.8 Å². The van der Waals surface area contributed by atoms with Crippen molar-refractivity contribution in [2.24, 2.45) is 7.05 Å². The van der Waals surface area contributed by atoms with Gasteiger partial charge in [0.05, 0.1) is 12.2 Å². The number of amides is 2. The van der Waals surface area contributed by atoms with Crippen molar-refractivity contribution in [3.05, 3.63) is 53.2 Å². The van der Waals surface area contributed by atoms with Gasteiger partial charge in [-0.1, -0.05) is 30.3 Å². The monoisotopic (exact) mass is 312 g/mol. The first-order chi connectivity index (χ1) is 11.0. The summed E-state index contributed by atoms with van der Waals surface area (Å²) in [5.74, 6) is 0.0287. The Kier molecular flexibility index (Phi) is 5.30. The topological polar surface area (TPSA) is 76.0 Å². The van der Waals surface area contributed by atoms with Gasteiger partial charge in [0.15, 0.2) is 0 Å². The lowest BCUT2D eigenvalue weighted by atomic mass is 10.2. The molecule has 2 amide bonds. The molecule has 1 aromatic carbocycles. The summed E-state index contributed by atoms with van der Waals surface area (Å²) in [6, 6.07) is 9.48. The number of anilines is 1. The highest BCUT2D eigenvalue weighted by Crippen LogP contribution is 2.16. The van der Waals surface area contributed by atoms with E-state index in [0.717, 1.165) is 16.8 Å². The van der Waals surface area contributed by atoms with Crippen LogP contribution in [-0.4, -0.2) is 28.1 Å². The number of aryl methyl sites for hydroxylation is 2. The Morgan fingerprint density at radius 1 is 1.22 bits per heavy atom. The standard InChI is InChI=1S/C17H20N4O2/c1-12-13(2)20-21(3)17(12)19-16(23)11-18-15(22)10-9-14-7-5-4-6-8-14/h4-10H,11H2,1-3H3,(H,18,22)(H,19,23)/b10-9-. The van der Waals surface area contributed by atoms with E-state index in [2.05, 4.69) is 15.7 Å². The second kappa shape index (κ2) is 7.40. The molecule has 2 rings (SSSR count). The van der Waals surface area contributed by atoms with Crippen LogP contribution in [-0.2, 0) is 16.6 Å². The van der Waals surface area contributed by atoms with Crippen molar-refractivity contribution >= 4 is 23.7 Å². The van der Waals surface area contributed by atoms with E-state index in [1.165, 1.54) is 6.08 Å². The average molecular weight is 312 g/mol. The second-order valence-electron chi connectivity index (χ2n) is 5.19. The molecule has 0 radical (unpaired) electrons. The molecule has 1 heterocycles. The van der Waals surface area contributed by atoms with Gasteiger partial charge in [0.2, 0.25) is 11.8 Å². The largest absolute Gasteiger partial charge is 0.343 e. The lowest BCUT2D eigenvalue weighted by Crippen LogP contribution is -2.32. The molecule has 0 aliphatic carbocycles. The Hall–Kier alpha value is -2.89. The fraction of sp³-hybridized carbons (Fsp3) is 0.235. The number of carbonyl (C=O) groups excluding carboxylic acids is 2. The first-order valence-corrected chi connectivity index (χ1v) is 7.28. The maximum absolute atomic E-state index is 11.9. The molecule has 0 saturated heterocycles. The minimum absolute atomic E-state index is 0.0956. The molecular weight excluding hydrogens is 292 g/mol. The average Bonchev–Trinajstić information content (AvgIpc) is 2.78. The Labute approximate surface area is 135 Å². The van der Waals surface area contributed by atoms with E-state index in [1.807, 2.05) is 44.2 Å². The number of aromatic nitrogens is 2. The predicted octanol–water partition coefficient (Wildman–Crippen LogP) is 1.81. The van der Waals surface area contributed by atoms with E-state index in [-0.39, 0.29) is 18.4 Å². The van der Waals surface area contributed by atoms with Crippen LogP contribution < -0.4 is 10.6 Å². The van der Waals surface area contributed by atoms with E-state index in [0.29, 0.717) is 5.82 Å². The van der Waals surface area contributed by atoms with Crippen LogP contribution in [0.25, 0.3) is 6.08 Å². The molecule has 2 aromatic rings. The quantitative estimate of drug-likeness (QED) is 0.827. The molecule has 120 valence electrons. The Morgan fingerprint density at radius 2 is 1.91 bits per heavy atom. The molecule has 23 heavy (non-hydrogen) atoms. The number of carbonyl (C=O) groups is 2. The SMILES string of the molecule is Cc1nn(C)c(NC(=O)CNC(=O)/C=C\c2ccccc2)c1C. The highest BCUT2D eigenvalue weighted by Gasteiger charge is 2.12. The summed E-state index contributed by atoms with van der Waals surface area (Å²) in [6.45, 7) is 3.67. The molecule has 6 heteroatoms. The lowest BCUT2D eigenvalue weighted by molar-refractivity contribution is -0.121. The van der Waals surface area contributed by atoms with E-state index in [9.17, 15) is 9.59 Å². The third-order valence-electron chi connectivity index (χ3n) is 3.43. The number of rotatable bonds is 5. The Morgan fingerprint density at radius 3 is 2.52 bits per heavy atom. The van der Waals surface area contributed by atoms with Gasteiger partial charge in [0.1, 0.15) is 5.82 Å². The van der Waals surface area contributed by atoms with E-state index in [4.69, 9.17) is 0 Å². The molecule has 0 spiro atoms. The molecule has 0 atom stereocenters. The summed E-state index contributed by atoms with van der Waals surface area (Å²) >= 11 is 0. The molecule has 0 fully saturated rings. The van der Waals surface area contributed by atoms with E-state index in [1.54, 1.807) is 17.8 Å². The normalized spacial score (nSPS) is 10.7. The van der Waals surface area contributed by atoms with Crippen LogP contribution in [0.4, 0.5) is 5.82 Å². The molecular formula is C17H20N4O2. The van der Waals surface area contributed by atoms with E-state index >= 15 is 0 Å². The summed E-state index contributed by atoms with van der Waals surface area (Å²) in [5.41, 5.74) is 2.70. The van der Waals surface area contributed by atoms with Gasteiger partial charge in [-0.25, -0.2) is 0 Å². The van der Waals surface area contributed by atoms with Crippen LogP contribution in [0.15, 0.2) is 36.4 Å².